The summed E-state index contributed by atoms with van der Waals surface area (Å²) in [6, 6.07) is 0. The van der Waals surface area contributed by atoms with Crippen molar-refractivity contribution in [1.29, 1.82) is 0 Å². The maximum Gasteiger partial charge on any atom is -0.0322 e. The third-order valence-electron chi connectivity index (χ3n) is 1.98. The molecule has 0 aliphatic rings. The highest BCUT2D eigenvalue weighted by molar-refractivity contribution is 4.79. The van der Waals surface area contributed by atoms with Crippen LogP contribution in [0.5, 0.6) is 0 Å². The molecule has 0 fully saturated rings. The van der Waals surface area contributed by atoms with Crippen molar-refractivity contribution < 1.29 is 0 Å². The second-order valence-electron chi connectivity index (χ2n) is 2.87. The number of rotatable bonds is 5. The summed E-state index contributed by atoms with van der Waals surface area (Å²) >= 11 is 0. The first-order valence-corrected chi connectivity index (χ1v) is 4.46. The topological polar surface area (TPSA) is 0 Å². The molecule has 0 heterocycles. The summed E-state index contributed by atoms with van der Waals surface area (Å²) in [5.41, 5.74) is 0. The molecule has 0 aromatic heterocycles. The first kappa shape index (κ1) is 9.74. The second-order valence-corrected chi connectivity index (χ2v) is 2.87. The van der Waals surface area contributed by atoms with Crippen molar-refractivity contribution in [2.45, 2.75) is 46.5 Å². The van der Waals surface area contributed by atoms with Gasteiger partial charge >= 0.3 is 0 Å². The van der Waals surface area contributed by atoms with Gasteiger partial charge in [0.2, 0.25) is 0 Å². The molecule has 0 aromatic rings. The number of hydrogen-bond acceptors (Lipinski definition) is 0. The van der Waals surface area contributed by atoms with E-state index in [2.05, 4.69) is 32.9 Å². The molecule has 0 radical (unpaired) electrons. The van der Waals surface area contributed by atoms with Gasteiger partial charge in [-0.1, -0.05) is 45.3 Å². The quantitative estimate of drug-likeness (QED) is 0.510. The van der Waals surface area contributed by atoms with Crippen LogP contribution < -0.4 is 0 Å². The summed E-state index contributed by atoms with van der Waals surface area (Å²) in [7, 11) is 0. The lowest BCUT2D eigenvalue weighted by Crippen LogP contribution is -1.95. The summed E-state index contributed by atoms with van der Waals surface area (Å²) in [5, 5.41) is 0. The highest BCUT2D eigenvalue weighted by Gasteiger charge is 2.00. The van der Waals surface area contributed by atoms with E-state index < -0.39 is 0 Å². The van der Waals surface area contributed by atoms with E-state index in [1.165, 1.54) is 25.7 Å². The highest BCUT2D eigenvalue weighted by atomic mass is 14.1. The molecule has 0 nitrogen and oxygen atoms in total. The lowest BCUT2D eigenvalue weighted by atomic mass is 9.97. The van der Waals surface area contributed by atoms with E-state index in [9.17, 15) is 0 Å². The van der Waals surface area contributed by atoms with Crippen LogP contribution in [0.3, 0.4) is 0 Å². The standard InChI is InChI=1S/C10H20/c1-4-7-9-10(6-3)8-5-2/h4,7,10H,5-6,8-9H2,1-3H3/b7-4+. The fraction of sp³-hybridized carbons (Fsp3) is 0.800. The van der Waals surface area contributed by atoms with Gasteiger partial charge in [0.25, 0.3) is 0 Å². The summed E-state index contributed by atoms with van der Waals surface area (Å²) in [6.07, 6.45) is 9.76. The Morgan fingerprint density at radius 3 is 2.40 bits per heavy atom. The van der Waals surface area contributed by atoms with Crippen LogP contribution in [0.1, 0.15) is 46.5 Å². The number of allylic oxidation sites excluding steroid dienone is 2. The van der Waals surface area contributed by atoms with Crippen LogP contribution in [-0.4, -0.2) is 0 Å². The van der Waals surface area contributed by atoms with Crippen LogP contribution in [0, 0.1) is 5.92 Å². The van der Waals surface area contributed by atoms with Gasteiger partial charge in [-0.05, 0) is 19.3 Å². The van der Waals surface area contributed by atoms with Crippen molar-refractivity contribution in [3.05, 3.63) is 12.2 Å². The van der Waals surface area contributed by atoms with Crippen molar-refractivity contribution in [2.75, 3.05) is 0 Å². The van der Waals surface area contributed by atoms with Gasteiger partial charge in [-0.3, -0.25) is 0 Å². The van der Waals surface area contributed by atoms with Crippen LogP contribution >= 0.6 is 0 Å². The van der Waals surface area contributed by atoms with Crippen molar-refractivity contribution in [3.8, 4) is 0 Å². The zero-order valence-electron chi connectivity index (χ0n) is 7.56. The van der Waals surface area contributed by atoms with Gasteiger partial charge in [-0.15, -0.1) is 0 Å². The average Bonchev–Trinajstić information content (AvgIpc) is 1.98. The molecule has 0 aromatic carbocycles. The SMILES string of the molecule is C/C=C/CC(CC)CCC. The fourth-order valence-corrected chi connectivity index (χ4v) is 1.23. The zero-order chi connectivity index (χ0) is 7.82. The molecule has 0 amide bonds. The largest absolute Gasteiger partial charge is 0.0917 e. The van der Waals surface area contributed by atoms with Crippen LogP contribution in [0.15, 0.2) is 12.2 Å². The Morgan fingerprint density at radius 1 is 1.30 bits per heavy atom. The van der Waals surface area contributed by atoms with Gasteiger partial charge in [0, 0.05) is 0 Å². The van der Waals surface area contributed by atoms with Crippen molar-refractivity contribution >= 4 is 0 Å². The van der Waals surface area contributed by atoms with Gasteiger partial charge < -0.3 is 0 Å². The molecule has 60 valence electrons. The minimum atomic E-state index is 0.932. The molecule has 1 unspecified atom stereocenters. The lowest BCUT2D eigenvalue weighted by Gasteiger charge is -2.09. The minimum Gasteiger partial charge on any atom is -0.0917 e. The van der Waals surface area contributed by atoms with E-state index in [1.54, 1.807) is 0 Å². The van der Waals surface area contributed by atoms with Crippen LogP contribution in [0.25, 0.3) is 0 Å². The summed E-state index contributed by atoms with van der Waals surface area (Å²) < 4.78 is 0. The summed E-state index contributed by atoms with van der Waals surface area (Å²) in [6.45, 7) is 6.64. The molecule has 10 heavy (non-hydrogen) atoms. The molecule has 0 bridgehead atoms. The van der Waals surface area contributed by atoms with Crippen molar-refractivity contribution in [2.24, 2.45) is 5.92 Å². The zero-order valence-corrected chi connectivity index (χ0v) is 7.56. The third kappa shape index (κ3) is 4.60. The van der Waals surface area contributed by atoms with E-state index in [0.717, 1.165) is 5.92 Å². The molecular weight excluding hydrogens is 120 g/mol. The normalized spacial score (nSPS) is 14.3. The predicted octanol–water partition coefficient (Wildman–Crippen LogP) is 3.78. The van der Waals surface area contributed by atoms with Crippen LogP contribution in [-0.2, 0) is 0 Å². The van der Waals surface area contributed by atoms with Crippen LogP contribution in [0.4, 0.5) is 0 Å². The fourth-order valence-electron chi connectivity index (χ4n) is 1.23. The summed E-state index contributed by atoms with van der Waals surface area (Å²) in [5.74, 6) is 0.932. The maximum atomic E-state index is 2.28. The monoisotopic (exact) mass is 140 g/mol. The Labute approximate surface area is 65.3 Å². The van der Waals surface area contributed by atoms with Crippen molar-refractivity contribution in [1.82, 2.24) is 0 Å². The molecule has 0 aliphatic heterocycles. The molecule has 0 saturated carbocycles. The van der Waals surface area contributed by atoms with Gasteiger partial charge in [-0.25, -0.2) is 0 Å². The molecule has 0 rings (SSSR count). The molecule has 0 N–H and O–H groups in total. The Hall–Kier alpha value is -0.260. The van der Waals surface area contributed by atoms with E-state index in [1.807, 2.05) is 0 Å². The van der Waals surface area contributed by atoms with E-state index in [0.29, 0.717) is 0 Å². The molecule has 0 heteroatoms. The average molecular weight is 140 g/mol. The molecular formula is C10H20. The molecule has 0 spiro atoms. The first-order valence-electron chi connectivity index (χ1n) is 4.46. The van der Waals surface area contributed by atoms with E-state index >= 15 is 0 Å². The van der Waals surface area contributed by atoms with Crippen LogP contribution in [0.2, 0.25) is 0 Å². The second kappa shape index (κ2) is 6.85. The number of hydrogen-bond donors (Lipinski definition) is 0. The van der Waals surface area contributed by atoms with Gasteiger partial charge in [-0.2, -0.15) is 0 Å². The Morgan fingerprint density at radius 2 is 2.00 bits per heavy atom. The van der Waals surface area contributed by atoms with Gasteiger partial charge in [0.1, 0.15) is 0 Å². The van der Waals surface area contributed by atoms with E-state index in [-0.39, 0.29) is 0 Å². The smallest absolute Gasteiger partial charge is 0.0322 e. The Bertz CT molecular complexity index is 82.0. The molecule has 1 atom stereocenters. The van der Waals surface area contributed by atoms with Crippen molar-refractivity contribution in [3.63, 3.8) is 0 Å². The third-order valence-corrected chi connectivity index (χ3v) is 1.98. The first-order chi connectivity index (χ1) is 4.85. The maximum absolute atomic E-state index is 2.28. The van der Waals surface area contributed by atoms with E-state index in [4.69, 9.17) is 0 Å². The lowest BCUT2D eigenvalue weighted by molar-refractivity contribution is 0.470. The highest BCUT2D eigenvalue weighted by Crippen LogP contribution is 2.15. The molecule has 0 aliphatic carbocycles. The van der Waals surface area contributed by atoms with Gasteiger partial charge in [0.05, 0.1) is 0 Å². The summed E-state index contributed by atoms with van der Waals surface area (Å²) in [4.78, 5) is 0. The Balaban J connectivity index is 3.39. The van der Waals surface area contributed by atoms with Gasteiger partial charge in [0.15, 0.2) is 0 Å². The predicted molar refractivity (Wildman–Crippen MR) is 48.1 cm³/mol. The Kier molecular flexibility index (Phi) is 6.68. The molecule has 0 saturated heterocycles. The minimum absolute atomic E-state index is 0.932.